The van der Waals surface area contributed by atoms with Crippen LogP contribution in [-0.4, -0.2) is 38.2 Å². The van der Waals surface area contributed by atoms with Gasteiger partial charge in [-0.15, -0.1) is 0 Å². The van der Waals surface area contributed by atoms with Crippen LogP contribution >= 0.6 is 11.6 Å². The summed E-state index contributed by atoms with van der Waals surface area (Å²) in [5, 5.41) is 6.11. The van der Waals surface area contributed by atoms with E-state index in [1.807, 2.05) is 6.92 Å². The first-order valence-corrected chi connectivity index (χ1v) is 8.44. The van der Waals surface area contributed by atoms with Crippen molar-refractivity contribution in [2.45, 2.75) is 13.0 Å². The molecular weight excluding hydrogens is 356 g/mol. The number of carbonyl (C=O) groups is 2. The molecule has 0 aromatic heterocycles. The van der Waals surface area contributed by atoms with Crippen molar-refractivity contribution < 1.29 is 19.1 Å². The van der Waals surface area contributed by atoms with Gasteiger partial charge in [-0.2, -0.15) is 0 Å². The van der Waals surface area contributed by atoms with Crippen molar-refractivity contribution in [1.29, 1.82) is 0 Å². The van der Waals surface area contributed by atoms with Gasteiger partial charge in [-0.1, -0.05) is 11.6 Å². The highest BCUT2D eigenvalue weighted by atomic mass is 35.5. The molecule has 2 aromatic rings. The van der Waals surface area contributed by atoms with E-state index in [1.54, 1.807) is 55.6 Å². The lowest BCUT2D eigenvalue weighted by molar-refractivity contribution is -0.124. The first-order chi connectivity index (χ1) is 12.5. The molecule has 0 heterocycles. The van der Waals surface area contributed by atoms with E-state index in [0.29, 0.717) is 28.6 Å². The maximum Gasteiger partial charge on any atom is 0.258 e. The number of rotatable bonds is 8. The van der Waals surface area contributed by atoms with E-state index in [4.69, 9.17) is 21.1 Å². The molecule has 138 valence electrons. The van der Waals surface area contributed by atoms with Crippen molar-refractivity contribution in [2.24, 2.45) is 0 Å². The molecule has 1 atom stereocenters. The molecule has 0 fully saturated rings. The van der Waals surface area contributed by atoms with Crippen molar-refractivity contribution in [3.05, 3.63) is 59.1 Å². The minimum Gasteiger partial charge on any atom is -0.484 e. The zero-order valence-corrected chi connectivity index (χ0v) is 15.4. The molecule has 2 N–H and O–H groups in total. The van der Waals surface area contributed by atoms with Crippen molar-refractivity contribution in [3.63, 3.8) is 0 Å². The number of hydrogen-bond acceptors (Lipinski definition) is 4. The van der Waals surface area contributed by atoms with Crippen molar-refractivity contribution in [2.75, 3.05) is 25.6 Å². The van der Waals surface area contributed by atoms with Gasteiger partial charge in [0.15, 0.2) is 6.61 Å². The molecule has 2 aromatic carbocycles. The fraction of sp³-hybridized carbons (Fsp3) is 0.263. The summed E-state index contributed by atoms with van der Waals surface area (Å²) >= 11 is 5.81. The standard InChI is InChI=1S/C19H21ClN2O4/c1-13(11-25-2)21-18(23)12-26-17-9-7-16(8-10-17)22-19(24)14-3-5-15(20)6-4-14/h3-10,13H,11-12H2,1-2H3,(H,21,23)(H,22,24)/t13-/m0/s1. The summed E-state index contributed by atoms with van der Waals surface area (Å²) in [7, 11) is 1.58. The molecule has 2 rings (SSSR count). The van der Waals surface area contributed by atoms with E-state index in [-0.39, 0.29) is 24.5 Å². The lowest BCUT2D eigenvalue weighted by Crippen LogP contribution is -2.38. The molecule has 0 saturated carbocycles. The Morgan fingerprint density at radius 2 is 1.73 bits per heavy atom. The zero-order chi connectivity index (χ0) is 18.9. The van der Waals surface area contributed by atoms with Crippen LogP contribution in [0.2, 0.25) is 5.02 Å². The predicted octanol–water partition coefficient (Wildman–Crippen LogP) is 3.12. The summed E-state index contributed by atoms with van der Waals surface area (Å²) < 4.78 is 10.4. The molecular formula is C19H21ClN2O4. The number of anilines is 1. The third kappa shape index (κ3) is 6.38. The van der Waals surface area contributed by atoms with E-state index < -0.39 is 0 Å². The number of nitrogens with one attached hydrogen (secondary N) is 2. The largest absolute Gasteiger partial charge is 0.484 e. The van der Waals surface area contributed by atoms with Crippen LogP contribution in [0.3, 0.4) is 0 Å². The van der Waals surface area contributed by atoms with Crippen LogP contribution in [0.4, 0.5) is 5.69 Å². The monoisotopic (exact) mass is 376 g/mol. The van der Waals surface area contributed by atoms with E-state index >= 15 is 0 Å². The van der Waals surface area contributed by atoms with Crippen LogP contribution in [0.15, 0.2) is 48.5 Å². The number of ether oxygens (including phenoxy) is 2. The Bertz CT molecular complexity index is 732. The molecule has 0 bridgehead atoms. The van der Waals surface area contributed by atoms with Crippen molar-refractivity contribution in [1.82, 2.24) is 5.32 Å². The third-order valence-electron chi connectivity index (χ3n) is 3.41. The van der Waals surface area contributed by atoms with Gasteiger partial charge < -0.3 is 20.1 Å². The van der Waals surface area contributed by atoms with Gasteiger partial charge in [0.25, 0.3) is 11.8 Å². The first kappa shape index (κ1) is 19.8. The van der Waals surface area contributed by atoms with E-state index in [2.05, 4.69) is 10.6 Å². The molecule has 26 heavy (non-hydrogen) atoms. The number of hydrogen-bond donors (Lipinski definition) is 2. The summed E-state index contributed by atoms with van der Waals surface area (Å²) in [5.41, 5.74) is 1.13. The lowest BCUT2D eigenvalue weighted by Gasteiger charge is -2.13. The van der Waals surface area contributed by atoms with Gasteiger partial charge in [-0.3, -0.25) is 9.59 Å². The van der Waals surface area contributed by atoms with Crippen molar-refractivity contribution >= 4 is 29.1 Å². The van der Waals surface area contributed by atoms with Crippen LogP contribution in [0.5, 0.6) is 5.75 Å². The normalized spacial score (nSPS) is 11.5. The molecule has 0 saturated heterocycles. The maximum atomic E-state index is 12.1. The molecule has 0 aliphatic heterocycles. The molecule has 0 aliphatic rings. The Kier molecular flexibility index (Phi) is 7.44. The number of methoxy groups -OCH3 is 1. The van der Waals surface area contributed by atoms with Gasteiger partial charge in [0, 0.05) is 29.4 Å². The van der Waals surface area contributed by atoms with Gasteiger partial charge in [0.1, 0.15) is 5.75 Å². The Balaban J connectivity index is 1.83. The second-order valence-corrected chi connectivity index (χ2v) is 6.13. The summed E-state index contributed by atoms with van der Waals surface area (Å²) in [6, 6.07) is 13.3. The number of carbonyl (C=O) groups excluding carboxylic acids is 2. The van der Waals surface area contributed by atoms with Gasteiger partial charge in [0.05, 0.1) is 6.61 Å². The van der Waals surface area contributed by atoms with Crippen LogP contribution < -0.4 is 15.4 Å². The number of halogens is 1. The minimum absolute atomic E-state index is 0.0819. The topological polar surface area (TPSA) is 76.7 Å². The number of amides is 2. The highest BCUT2D eigenvalue weighted by Crippen LogP contribution is 2.17. The summed E-state index contributed by atoms with van der Waals surface area (Å²) in [6.45, 7) is 2.19. The van der Waals surface area contributed by atoms with Gasteiger partial charge in [-0.05, 0) is 55.5 Å². The zero-order valence-electron chi connectivity index (χ0n) is 14.6. The quantitative estimate of drug-likeness (QED) is 0.742. The maximum absolute atomic E-state index is 12.1. The van der Waals surface area contributed by atoms with Gasteiger partial charge in [0.2, 0.25) is 0 Å². The van der Waals surface area contributed by atoms with E-state index in [0.717, 1.165) is 0 Å². The third-order valence-corrected chi connectivity index (χ3v) is 3.66. The Labute approximate surface area is 157 Å². The average Bonchev–Trinajstić information content (AvgIpc) is 2.62. The highest BCUT2D eigenvalue weighted by molar-refractivity contribution is 6.30. The van der Waals surface area contributed by atoms with Crippen LogP contribution in [0.25, 0.3) is 0 Å². The van der Waals surface area contributed by atoms with E-state index in [1.165, 1.54) is 0 Å². The second-order valence-electron chi connectivity index (χ2n) is 5.70. The minimum atomic E-state index is -0.234. The molecule has 6 nitrogen and oxygen atoms in total. The molecule has 2 amide bonds. The van der Waals surface area contributed by atoms with Crippen LogP contribution in [0, 0.1) is 0 Å². The van der Waals surface area contributed by atoms with Crippen LogP contribution in [-0.2, 0) is 9.53 Å². The van der Waals surface area contributed by atoms with Gasteiger partial charge in [-0.25, -0.2) is 0 Å². The van der Waals surface area contributed by atoms with Crippen LogP contribution in [0.1, 0.15) is 17.3 Å². The summed E-state index contributed by atoms with van der Waals surface area (Å²) in [6.07, 6.45) is 0. The van der Waals surface area contributed by atoms with E-state index in [9.17, 15) is 9.59 Å². The fourth-order valence-electron chi connectivity index (χ4n) is 2.20. The molecule has 0 radical (unpaired) electrons. The SMILES string of the molecule is COC[C@H](C)NC(=O)COc1ccc(NC(=O)c2ccc(Cl)cc2)cc1. The fourth-order valence-corrected chi connectivity index (χ4v) is 2.32. The second kappa shape index (κ2) is 9.79. The first-order valence-electron chi connectivity index (χ1n) is 8.06. The Morgan fingerprint density at radius 1 is 1.08 bits per heavy atom. The Hall–Kier alpha value is -2.57. The van der Waals surface area contributed by atoms with Gasteiger partial charge >= 0.3 is 0 Å². The summed E-state index contributed by atoms with van der Waals surface area (Å²) in [5.74, 6) is 0.0700. The average molecular weight is 377 g/mol. The molecule has 7 heteroatoms. The highest BCUT2D eigenvalue weighted by Gasteiger charge is 2.09. The smallest absolute Gasteiger partial charge is 0.258 e. The molecule has 0 aliphatic carbocycles. The summed E-state index contributed by atoms with van der Waals surface area (Å²) in [4.78, 5) is 23.9. The Morgan fingerprint density at radius 3 is 2.35 bits per heavy atom. The predicted molar refractivity (Wildman–Crippen MR) is 101 cm³/mol. The van der Waals surface area contributed by atoms with Crippen molar-refractivity contribution in [3.8, 4) is 5.75 Å². The molecule has 0 spiro atoms. The molecule has 0 unspecified atom stereocenters. The lowest BCUT2D eigenvalue weighted by atomic mass is 10.2. The number of benzene rings is 2.